The van der Waals surface area contributed by atoms with E-state index in [1.54, 1.807) is 0 Å². The zero-order valence-corrected chi connectivity index (χ0v) is 16.4. The quantitative estimate of drug-likeness (QED) is 0.673. The summed E-state index contributed by atoms with van der Waals surface area (Å²) in [6.07, 6.45) is 18.4. The van der Waals surface area contributed by atoms with Gasteiger partial charge in [-0.3, -0.25) is 0 Å². The van der Waals surface area contributed by atoms with E-state index in [9.17, 15) is 5.11 Å². The SMILES string of the molecule is C[Si](C[C@H](O)[C@@H]1CCCCN1)(C1CCCCC1)C1CCCCC1. The lowest BCUT2D eigenvalue weighted by Gasteiger charge is -2.47. The third kappa shape index (κ3) is 4.41. The molecule has 2 N–H and O–H groups in total. The van der Waals surface area contributed by atoms with Gasteiger partial charge in [0.25, 0.3) is 0 Å². The van der Waals surface area contributed by atoms with Crippen LogP contribution in [0.3, 0.4) is 0 Å². The van der Waals surface area contributed by atoms with Crippen molar-refractivity contribution in [2.24, 2.45) is 0 Å². The van der Waals surface area contributed by atoms with Gasteiger partial charge in [-0.1, -0.05) is 77.2 Å². The average molecular weight is 338 g/mol. The maximum atomic E-state index is 11.0. The second-order valence-corrected chi connectivity index (χ2v) is 14.1. The van der Waals surface area contributed by atoms with Crippen LogP contribution in [0.4, 0.5) is 0 Å². The van der Waals surface area contributed by atoms with E-state index in [1.165, 1.54) is 89.5 Å². The molecule has 0 unspecified atom stereocenters. The zero-order valence-electron chi connectivity index (χ0n) is 15.4. The van der Waals surface area contributed by atoms with Crippen LogP contribution in [-0.4, -0.2) is 31.9 Å². The number of rotatable bonds is 5. The van der Waals surface area contributed by atoms with Gasteiger partial charge in [0.1, 0.15) is 0 Å². The van der Waals surface area contributed by atoms with Crippen molar-refractivity contribution in [1.29, 1.82) is 0 Å². The highest BCUT2D eigenvalue weighted by molar-refractivity contribution is 6.81. The maximum Gasteiger partial charge on any atom is 0.0670 e. The van der Waals surface area contributed by atoms with Gasteiger partial charge in [0.2, 0.25) is 0 Å². The normalized spacial score (nSPS) is 30.3. The van der Waals surface area contributed by atoms with E-state index >= 15 is 0 Å². The monoisotopic (exact) mass is 337 g/mol. The lowest BCUT2D eigenvalue weighted by atomic mass is 9.99. The fourth-order valence-corrected chi connectivity index (χ4v) is 12.0. The van der Waals surface area contributed by atoms with Gasteiger partial charge in [-0.25, -0.2) is 0 Å². The van der Waals surface area contributed by atoms with Crippen LogP contribution in [0.25, 0.3) is 0 Å². The molecule has 3 rings (SSSR count). The highest BCUT2D eigenvalue weighted by atomic mass is 28.3. The molecule has 23 heavy (non-hydrogen) atoms. The summed E-state index contributed by atoms with van der Waals surface area (Å²) in [4.78, 5) is 0. The molecule has 2 aliphatic carbocycles. The van der Waals surface area contributed by atoms with Crippen LogP contribution in [0.2, 0.25) is 23.7 Å². The molecular formula is C20H39NOSi. The molecule has 3 fully saturated rings. The van der Waals surface area contributed by atoms with E-state index < -0.39 is 8.07 Å². The standard InChI is InChI=1S/C20H39NOSi/c1-23(17-10-4-2-5-11-17,18-12-6-3-7-13-18)16-20(22)19-14-8-9-15-21-19/h17-22H,2-16H2,1H3/t19-,20-/m0/s1. The van der Waals surface area contributed by atoms with Crippen molar-refractivity contribution in [2.45, 2.75) is 119 Å². The van der Waals surface area contributed by atoms with Crippen molar-refractivity contribution < 1.29 is 5.11 Å². The summed E-state index contributed by atoms with van der Waals surface area (Å²) in [6.45, 7) is 3.82. The van der Waals surface area contributed by atoms with Gasteiger partial charge in [-0.05, 0) is 36.5 Å². The highest BCUT2D eigenvalue weighted by Crippen LogP contribution is 2.50. The molecule has 0 amide bonds. The molecule has 3 heteroatoms. The number of piperidine rings is 1. The Morgan fingerprint density at radius 2 is 1.35 bits per heavy atom. The van der Waals surface area contributed by atoms with Gasteiger partial charge < -0.3 is 10.4 Å². The molecule has 0 aromatic rings. The van der Waals surface area contributed by atoms with Crippen LogP contribution in [0.15, 0.2) is 0 Å². The highest BCUT2D eigenvalue weighted by Gasteiger charge is 2.45. The van der Waals surface area contributed by atoms with Crippen LogP contribution in [-0.2, 0) is 0 Å². The van der Waals surface area contributed by atoms with Gasteiger partial charge >= 0.3 is 0 Å². The minimum Gasteiger partial charge on any atom is -0.392 e. The number of hydrogen-bond donors (Lipinski definition) is 2. The van der Waals surface area contributed by atoms with E-state index in [0.717, 1.165) is 17.6 Å². The van der Waals surface area contributed by atoms with Gasteiger partial charge in [0, 0.05) is 6.04 Å². The summed E-state index contributed by atoms with van der Waals surface area (Å²) in [5.74, 6) is 0. The molecule has 0 radical (unpaired) electrons. The van der Waals surface area contributed by atoms with Gasteiger partial charge in [-0.2, -0.15) is 0 Å². The summed E-state index contributed by atoms with van der Waals surface area (Å²) >= 11 is 0. The first-order valence-electron chi connectivity index (χ1n) is 10.6. The lowest BCUT2D eigenvalue weighted by Crippen LogP contribution is -2.51. The molecule has 1 aliphatic heterocycles. The predicted molar refractivity (Wildman–Crippen MR) is 102 cm³/mol. The van der Waals surface area contributed by atoms with Crippen molar-refractivity contribution in [3.63, 3.8) is 0 Å². The second-order valence-electron chi connectivity index (χ2n) is 9.00. The molecule has 2 atom stereocenters. The van der Waals surface area contributed by atoms with Gasteiger partial charge in [-0.15, -0.1) is 0 Å². The van der Waals surface area contributed by atoms with Crippen LogP contribution in [0.5, 0.6) is 0 Å². The first kappa shape index (κ1) is 17.9. The van der Waals surface area contributed by atoms with Crippen molar-refractivity contribution in [3.05, 3.63) is 0 Å². The van der Waals surface area contributed by atoms with E-state index in [0.29, 0.717) is 6.04 Å². The van der Waals surface area contributed by atoms with Crippen LogP contribution >= 0.6 is 0 Å². The first-order chi connectivity index (χ1) is 11.2. The third-order valence-corrected chi connectivity index (χ3v) is 13.7. The summed E-state index contributed by atoms with van der Waals surface area (Å²) in [5, 5.41) is 14.7. The van der Waals surface area contributed by atoms with E-state index in [2.05, 4.69) is 11.9 Å². The molecule has 0 aromatic carbocycles. The Balaban J connectivity index is 1.70. The van der Waals surface area contributed by atoms with Crippen LogP contribution < -0.4 is 5.32 Å². The van der Waals surface area contributed by atoms with Gasteiger partial charge in [0.15, 0.2) is 0 Å². The average Bonchev–Trinajstić information content (AvgIpc) is 2.64. The summed E-state index contributed by atoms with van der Waals surface area (Å²) < 4.78 is 0. The van der Waals surface area contributed by atoms with Crippen molar-refractivity contribution in [1.82, 2.24) is 5.32 Å². The topological polar surface area (TPSA) is 32.3 Å². The Bertz CT molecular complexity index is 326. The molecule has 1 heterocycles. The predicted octanol–water partition coefficient (Wildman–Crippen LogP) is 5.24. The number of aliphatic hydroxyl groups excluding tert-OH is 1. The summed E-state index contributed by atoms with van der Waals surface area (Å²) in [7, 11) is -1.38. The molecule has 2 nitrogen and oxygen atoms in total. The van der Waals surface area contributed by atoms with E-state index in [4.69, 9.17) is 0 Å². The van der Waals surface area contributed by atoms with Gasteiger partial charge in [0.05, 0.1) is 14.2 Å². The molecule has 3 aliphatic rings. The Morgan fingerprint density at radius 3 is 1.83 bits per heavy atom. The van der Waals surface area contributed by atoms with Crippen LogP contribution in [0.1, 0.15) is 83.5 Å². The zero-order chi connectivity index (χ0) is 16.1. The van der Waals surface area contributed by atoms with Crippen LogP contribution in [0, 0.1) is 0 Å². The van der Waals surface area contributed by atoms with E-state index in [-0.39, 0.29) is 6.10 Å². The molecular weight excluding hydrogens is 298 g/mol. The fraction of sp³-hybridized carbons (Fsp3) is 1.00. The number of hydrogen-bond acceptors (Lipinski definition) is 2. The molecule has 0 bridgehead atoms. The number of nitrogens with one attached hydrogen (secondary N) is 1. The summed E-state index contributed by atoms with van der Waals surface area (Å²) in [6, 6.07) is 1.57. The molecule has 1 saturated heterocycles. The molecule has 134 valence electrons. The van der Waals surface area contributed by atoms with E-state index in [1.807, 2.05) is 0 Å². The molecule has 0 aromatic heterocycles. The third-order valence-electron chi connectivity index (χ3n) is 7.54. The van der Waals surface area contributed by atoms with Crippen molar-refractivity contribution >= 4 is 8.07 Å². The Hall–Kier alpha value is 0.137. The minimum atomic E-state index is -1.38. The molecule has 0 spiro atoms. The molecule has 2 saturated carbocycles. The maximum absolute atomic E-state index is 11.0. The Labute approximate surface area is 144 Å². The van der Waals surface area contributed by atoms with Crippen molar-refractivity contribution in [2.75, 3.05) is 6.54 Å². The Kier molecular flexibility index (Phi) is 6.62. The fourth-order valence-electron chi connectivity index (χ4n) is 5.99. The smallest absolute Gasteiger partial charge is 0.0670 e. The largest absolute Gasteiger partial charge is 0.392 e. The first-order valence-corrected chi connectivity index (χ1v) is 13.5. The summed E-state index contributed by atoms with van der Waals surface area (Å²) in [5.41, 5.74) is 2.00. The lowest BCUT2D eigenvalue weighted by molar-refractivity contribution is 0.127. The Morgan fingerprint density at radius 1 is 0.826 bits per heavy atom. The number of aliphatic hydroxyl groups is 1. The van der Waals surface area contributed by atoms with Crippen molar-refractivity contribution in [3.8, 4) is 0 Å². The second kappa shape index (κ2) is 8.49. The minimum absolute atomic E-state index is 0.0733.